The van der Waals surface area contributed by atoms with Crippen LogP contribution in [0.25, 0.3) is 0 Å². The lowest BCUT2D eigenvalue weighted by Crippen LogP contribution is -2.29. The Balaban J connectivity index is 2.24. The molecule has 1 aromatic heterocycles. The second-order valence-corrected chi connectivity index (χ2v) is 6.02. The Bertz CT molecular complexity index is 474. The van der Waals surface area contributed by atoms with Crippen LogP contribution in [-0.4, -0.2) is 28.9 Å². The number of amides is 1. The minimum absolute atomic E-state index is 0.0761. The Morgan fingerprint density at radius 2 is 1.89 bits per heavy atom. The Labute approximate surface area is 115 Å². The van der Waals surface area contributed by atoms with Crippen LogP contribution in [0.1, 0.15) is 49.7 Å². The van der Waals surface area contributed by atoms with Gasteiger partial charge in [-0.15, -0.1) is 0 Å². The summed E-state index contributed by atoms with van der Waals surface area (Å²) >= 11 is 0. The van der Waals surface area contributed by atoms with Gasteiger partial charge >= 0.3 is 0 Å². The van der Waals surface area contributed by atoms with Crippen LogP contribution in [0.5, 0.6) is 0 Å². The molecule has 0 aliphatic carbocycles. The van der Waals surface area contributed by atoms with Gasteiger partial charge in [-0.25, -0.2) is 4.98 Å². The standard InChI is InChI=1S/C15H23N3O/c1-9(2)13-5-12(6-14(16)17-13)15(19)18-7-10(3)11(4)8-18/h5-6,9-11H,7-8H2,1-4H3,(H2,16,17). The third-order valence-corrected chi connectivity index (χ3v) is 3.98. The summed E-state index contributed by atoms with van der Waals surface area (Å²) in [5.41, 5.74) is 7.35. The lowest BCUT2D eigenvalue weighted by atomic mass is 10.0. The number of carbonyl (C=O) groups excluding carboxylic acids is 1. The summed E-state index contributed by atoms with van der Waals surface area (Å²) in [6.45, 7) is 10.2. The van der Waals surface area contributed by atoms with Crippen molar-refractivity contribution in [2.45, 2.75) is 33.6 Å². The van der Waals surface area contributed by atoms with E-state index in [0.29, 0.717) is 23.2 Å². The van der Waals surface area contributed by atoms with E-state index in [2.05, 4.69) is 32.7 Å². The lowest BCUT2D eigenvalue weighted by Gasteiger charge is -2.17. The second kappa shape index (κ2) is 5.19. The van der Waals surface area contributed by atoms with E-state index in [1.54, 1.807) is 6.07 Å². The molecule has 2 atom stereocenters. The van der Waals surface area contributed by atoms with Crippen molar-refractivity contribution >= 4 is 11.7 Å². The summed E-state index contributed by atoms with van der Waals surface area (Å²) in [4.78, 5) is 18.7. The van der Waals surface area contributed by atoms with E-state index in [9.17, 15) is 4.79 Å². The van der Waals surface area contributed by atoms with Gasteiger partial charge in [0, 0.05) is 24.3 Å². The monoisotopic (exact) mass is 261 g/mol. The molecule has 4 heteroatoms. The predicted molar refractivity (Wildman–Crippen MR) is 77.0 cm³/mol. The van der Waals surface area contributed by atoms with Gasteiger partial charge in [-0.1, -0.05) is 27.7 Å². The summed E-state index contributed by atoms with van der Waals surface area (Å²) in [5, 5.41) is 0. The number of hydrogen-bond acceptors (Lipinski definition) is 3. The number of anilines is 1. The van der Waals surface area contributed by atoms with Gasteiger partial charge in [0.25, 0.3) is 5.91 Å². The fourth-order valence-electron chi connectivity index (χ4n) is 2.47. The Kier molecular flexibility index (Phi) is 3.78. The van der Waals surface area contributed by atoms with Crippen LogP contribution in [-0.2, 0) is 0 Å². The van der Waals surface area contributed by atoms with Crippen molar-refractivity contribution in [2.24, 2.45) is 11.8 Å². The minimum Gasteiger partial charge on any atom is -0.384 e. The number of carbonyl (C=O) groups is 1. The molecule has 0 radical (unpaired) electrons. The third kappa shape index (κ3) is 2.88. The summed E-state index contributed by atoms with van der Waals surface area (Å²) in [7, 11) is 0. The molecule has 1 amide bonds. The smallest absolute Gasteiger partial charge is 0.254 e. The highest BCUT2D eigenvalue weighted by Gasteiger charge is 2.30. The number of nitrogens with two attached hydrogens (primary N) is 1. The van der Waals surface area contributed by atoms with E-state index < -0.39 is 0 Å². The minimum atomic E-state index is 0.0761. The van der Waals surface area contributed by atoms with Crippen LogP contribution in [0.3, 0.4) is 0 Å². The van der Waals surface area contributed by atoms with Gasteiger partial charge < -0.3 is 10.6 Å². The van der Waals surface area contributed by atoms with Crippen LogP contribution in [0, 0.1) is 11.8 Å². The Morgan fingerprint density at radius 1 is 1.32 bits per heavy atom. The molecule has 1 aliphatic heterocycles. The first-order valence-electron chi connectivity index (χ1n) is 6.95. The normalized spacial score (nSPS) is 23.1. The van der Waals surface area contributed by atoms with Gasteiger partial charge in [0.05, 0.1) is 0 Å². The van der Waals surface area contributed by atoms with Gasteiger partial charge in [0.2, 0.25) is 0 Å². The highest BCUT2D eigenvalue weighted by Crippen LogP contribution is 2.25. The topological polar surface area (TPSA) is 59.2 Å². The molecule has 4 nitrogen and oxygen atoms in total. The molecule has 2 unspecified atom stereocenters. The number of nitrogens with zero attached hydrogens (tertiary/aromatic N) is 2. The SMILES string of the molecule is CC(C)c1cc(C(=O)N2CC(C)C(C)C2)cc(N)n1. The van der Waals surface area contributed by atoms with Crippen LogP contribution >= 0.6 is 0 Å². The molecule has 0 bridgehead atoms. The molecule has 1 fully saturated rings. The zero-order chi connectivity index (χ0) is 14.2. The van der Waals surface area contributed by atoms with Crippen molar-refractivity contribution in [1.82, 2.24) is 9.88 Å². The average Bonchev–Trinajstić information content (AvgIpc) is 2.68. The third-order valence-electron chi connectivity index (χ3n) is 3.98. The zero-order valence-corrected chi connectivity index (χ0v) is 12.2. The maximum absolute atomic E-state index is 12.5. The van der Waals surface area contributed by atoms with E-state index in [1.807, 2.05) is 11.0 Å². The molecule has 0 saturated carbocycles. The Morgan fingerprint density at radius 3 is 2.42 bits per heavy atom. The molecule has 2 heterocycles. The number of rotatable bonds is 2. The number of pyridine rings is 1. The van der Waals surface area contributed by atoms with E-state index in [0.717, 1.165) is 18.8 Å². The molecule has 1 aromatic rings. The fraction of sp³-hybridized carbons (Fsp3) is 0.600. The highest BCUT2D eigenvalue weighted by molar-refractivity contribution is 5.95. The number of likely N-dealkylation sites (tertiary alicyclic amines) is 1. The lowest BCUT2D eigenvalue weighted by molar-refractivity contribution is 0.0785. The van der Waals surface area contributed by atoms with Gasteiger partial charge in [-0.3, -0.25) is 4.79 Å². The molecule has 2 rings (SSSR count). The summed E-state index contributed by atoms with van der Waals surface area (Å²) in [5.74, 6) is 1.90. The maximum atomic E-state index is 12.5. The largest absolute Gasteiger partial charge is 0.384 e. The fourth-order valence-corrected chi connectivity index (χ4v) is 2.47. The second-order valence-electron chi connectivity index (χ2n) is 6.02. The quantitative estimate of drug-likeness (QED) is 0.890. The molecular formula is C15H23N3O. The van der Waals surface area contributed by atoms with Gasteiger partial charge in [-0.2, -0.15) is 0 Å². The molecule has 0 aromatic carbocycles. The maximum Gasteiger partial charge on any atom is 0.254 e. The zero-order valence-electron chi connectivity index (χ0n) is 12.2. The molecule has 2 N–H and O–H groups in total. The first-order valence-corrected chi connectivity index (χ1v) is 6.95. The molecule has 19 heavy (non-hydrogen) atoms. The van der Waals surface area contributed by atoms with Gasteiger partial charge in [-0.05, 0) is 29.9 Å². The Hall–Kier alpha value is -1.58. The van der Waals surface area contributed by atoms with Crippen molar-refractivity contribution in [2.75, 3.05) is 18.8 Å². The van der Waals surface area contributed by atoms with Crippen molar-refractivity contribution in [3.63, 3.8) is 0 Å². The summed E-state index contributed by atoms with van der Waals surface area (Å²) in [6, 6.07) is 3.55. The van der Waals surface area contributed by atoms with E-state index >= 15 is 0 Å². The van der Waals surface area contributed by atoms with Crippen molar-refractivity contribution in [1.29, 1.82) is 0 Å². The van der Waals surface area contributed by atoms with Gasteiger partial charge in [0.15, 0.2) is 0 Å². The molecular weight excluding hydrogens is 238 g/mol. The molecule has 1 saturated heterocycles. The highest BCUT2D eigenvalue weighted by atomic mass is 16.2. The van der Waals surface area contributed by atoms with Crippen molar-refractivity contribution in [3.8, 4) is 0 Å². The van der Waals surface area contributed by atoms with E-state index in [4.69, 9.17) is 5.73 Å². The number of nitrogen functional groups attached to an aromatic ring is 1. The van der Waals surface area contributed by atoms with E-state index in [1.165, 1.54) is 0 Å². The van der Waals surface area contributed by atoms with Gasteiger partial charge in [0.1, 0.15) is 5.82 Å². The number of aromatic nitrogens is 1. The van der Waals surface area contributed by atoms with Crippen molar-refractivity contribution < 1.29 is 4.79 Å². The van der Waals surface area contributed by atoms with Crippen LogP contribution in [0.2, 0.25) is 0 Å². The first-order chi connectivity index (χ1) is 8.88. The number of hydrogen-bond donors (Lipinski definition) is 1. The summed E-state index contributed by atoms with van der Waals surface area (Å²) < 4.78 is 0. The van der Waals surface area contributed by atoms with Crippen LogP contribution in [0.4, 0.5) is 5.82 Å². The predicted octanol–water partition coefficient (Wildman–Crippen LogP) is 2.52. The molecule has 104 valence electrons. The van der Waals surface area contributed by atoms with Crippen LogP contribution < -0.4 is 5.73 Å². The molecule has 0 spiro atoms. The van der Waals surface area contributed by atoms with Crippen LogP contribution in [0.15, 0.2) is 12.1 Å². The van der Waals surface area contributed by atoms with Crippen molar-refractivity contribution in [3.05, 3.63) is 23.4 Å². The first kappa shape index (κ1) is 13.8. The summed E-state index contributed by atoms with van der Waals surface area (Å²) in [6.07, 6.45) is 0. The van der Waals surface area contributed by atoms with E-state index in [-0.39, 0.29) is 11.8 Å². The average molecular weight is 261 g/mol. The molecule has 1 aliphatic rings.